The zero-order valence-corrected chi connectivity index (χ0v) is 11.5. The molecule has 0 nitrogen and oxygen atoms in total. The molecule has 1 saturated carbocycles. The van der Waals surface area contributed by atoms with Crippen LogP contribution < -0.4 is 0 Å². The van der Waals surface area contributed by atoms with Gasteiger partial charge in [-0.25, -0.2) is 0 Å². The molecule has 2 atom stereocenters. The molecule has 1 fully saturated rings. The molecule has 0 spiro atoms. The van der Waals surface area contributed by atoms with Crippen LogP contribution in [0.15, 0.2) is 72.9 Å². The monoisotopic (exact) mass is 258 g/mol. The van der Waals surface area contributed by atoms with Gasteiger partial charge >= 0.3 is 0 Å². The summed E-state index contributed by atoms with van der Waals surface area (Å²) in [5.74, 6) is 1.64. The lowest BCUT2D eigenvalue weighted by molar-refractivity contribution is 0.985. The molecule has 0 amide bonds. The van der Waals surface area contributed by atoms with Gasteiger partial charge < -0.3 is 0 Å². The molecule has 98 valence electrons. The van der Waals surface area contributed by atoms with E-state index in [9.17, 15) is 0 Å². The van der Waals surface area contributed by atoms with E-state index in [-0.39, 0.29) is 0 Å². The lowest BCUT2D eigenvalue weighted by Crippen LogP contribution is -1.90. The van der Waals surface area contributed by atoms with E-state index in [4.69, 9.17) is 0 Å². The predicted molar refractivity (Wildman–Crippen MR) is 86.0 cm³/mol. The average molecular weight is 258 g/mol. The molecule has 0 radical (unpaired) electrons. The van der Waals surface area contributed by atoms with Gasteiger partial charge in [0.25, 0.3) is 0 Å². The first-order valence-electron chi connectivity index (χ1n) is 7.44. The minimum atomic E-state index is 0.805. The Bertz CT molecular complexity index is 662. The Morgan fingerprint density at radius 1 is 0.900 bits per heavy atom. The molecule has 0 bridgehead atoms. The fourth-order valence-corrected chi connectivity index (χ4v) is 3.03. The second-order valence-electron chi connectivity index (χ2n) is 5.81. The van der Waals surface area contributed by atoms with Gasteiger partial charge in [-0.15, -0.1) is 0 Å². The Balaban J connectivity index is 1.68. The van der Waals surface area contributed by atoms with Gasteiger partial charge in [0.15, 0.2) is 0 Å². The first-order valence-corrected chi connectivity index (χ1v) is 7.44. The molecule has 0 heterocycles. The van der Waals surface area contributed by atoms with Crippen molar-refractivity contribution in [1.29, 1.82) is 0 Å². The average Bonchev–Trinajstić information content (AvgIpc) is 3.30. The standard InChI is InChI=1S/C20H18/c1-2-4-7-15(6-3-1)16-8-5-9-17(12-16)18-10-11-19-14-20(19)13-18/h1-3,5-13,19-20H,4,14H2. The summed E-state index contributed by atoms with van der Waals surface area (Å²) in [7, 11) is 0. The number of rotatable bonds is 2. The maximum Gasteiger partial charge on any atom is -0.0155 e. The summed E-state index contributed by atoms with van der Waals surface area (Å²) in [4.78, 5) is 0. The first kappa shape index (κ1) is 11.7. The summed E-state index contributed by atoms with van der Waals surface area (Å²) in [5.41, 5.74) is 5.37. The van der Waals surface area contributed by atoms with Crippen molar-refractivity contribution in [3.63, 3.8) is 0 Å². The minimum absolute atomic E-state index is 0.805. The van der Waals surface area contributed by atoms with Gasteiger partial charge in [0.2, 0.25) is 0 Å². The van der Waals surface area contributed by atoms with Gasteiger partial charge in [-0.2, -0.15) is 0 Å². The van der Waals surface area contributed by atoms with Gasteiger partial charge in [-0.05, 0) is 53.0 Å². The maximum absolute atomic E-state index is 2.45. The van der Waals surface area contributed by atoms with Crippen molar-refractivity contribution < 1.29 is 0 Å². The number of hydrogen-bond acceptors (Lipinski definition) is 0. The first-order chi connectivity index (χ1) is 9.90. The summed E-state index contributed by atoms with van der Waals surface area (Å²) in [6.07, 6.45) is 20.4. The third kappa shape index (κ3) is 2.22. The van der Waals surface area contributed by atoms with Crippen LogP contribution in [0, 0.1) is 11.8 Å². The second-order valence-corrected chi connectivity index (χ2v) is 5.81. The van der Waals surface area contributed by atoms with E-state index in [1.807, 2.05) is 0 Å². The van der Waals surface area contributed by atoms with Crippen molar-refractivity contribution in [2.24, 2.45) is 11.8 Å². The fraction of sp³-hybridized carbons (Fsp3) is 0.200. The Hall–Kier alpha value is -2.08. The van der Waals surface area contributed by atoms with Crippen molar-refractivity contribution in [3.05, 3.63) is 84.0 Å². The Kier molecular flexibility index (Phi) is 2.81. The van der Waals surface area contributed by atoms with Crippen LogP contribution in [0.25, 0.3) is 11.1 Å². The summed E-state index contributed by atoms with van der Waals surface area (Å²) >= 11 is 0. The fourth-order valence-electron chi connectivity index (χ4n) is 3.03. The van der Waals surface area contributed by atoms with Crippen molar-refractivity contribution in [3.8, 4) is 0 Å². The van der Waals surface area contributed by atoms with Gasteiger partial charge in [0.1, 0.15) is 0 Å². The molecule has 0 saturated heterocycles. The highest BCUT2D eigenvalue weighted by atomic mass is 14.4. The third-order valence-electron chi connectivity index (χ3n) is 4.33. The molecule has 3 aliphatic rings. The number of fused-ring (bicyclic) bond motifs is 1. The lowest BCUT2D eigenvalue weighted by Gasteiger charge is -2.09. The van der Waals surface area contributed by atoms with Crippen LogP contribution in [0.4, 0.5) is 0 Å². The van der Waals surface area contributed by atoms with Crippen LogP contribution in [-0.2, 0) is 0 Å². The van der Waals surface area contributed by atoms with E-state index in [1.54, 1.807) is 0 Å². The predicted octanol–water partition coefficient (Wildman–Crippen LogP) is 5.18. The zero-order valence-electron chi connectivity index (χ0n) is 11.5. The van der Waals surface area contributed by atoms with Crippen LogP contribution in [0.1, 0.15) is 24.0 Å². The molecular weight excluding hydrogens is 240 g/mol. The molecule has 0 aromatic heterocycles. The summed E-state index contributed by atoms with van der Waals surface area (Å²) in [5, 5.41) is 0. The zero-order chi connectivity index (χ0) is 13.4. The van der Waals surface area contributed by atoms with Crippen LogP contribution in [0.2, 0.25) is 0 Å². The molecule has 0 aliphatic heterocycles. The van der Waals surface area contributed by atoms with Gasteiger partial charge in [-0.3, -0.25) is 0 Å². The molecule has 20 heavy (non-hydrogen) atoms. The molecule has 0 heteroatoms. The SMILES string of the molecule is C1=CCC=C(c2cccc(C3=CC4CC4C=C3)c2)C=C1. The quantitative estimate of drug-likeness (QED) is 0.686. The van der Waals surface area contributed by atoms with Gasteiger partial charge in [0.05, 0.1) is 0 Å². The van der Waals surface area contributed by atoms with Crippen LogP contribution in [-0.4, -0.2) is 0 Å². The maximum atomic E-state index is 2.45. The van der Waals surface area contributed by atoms with E-state index in [1.165, 1.54) is 28.7 Å². The molecular formula is C20H18. The van der Waals surface area contributed by atoms with Crippen molar-refractivity contribution in [2.45, 2.75) is 12.8 Å². The van der Waals surface area contributed by atoms with Gasteiger partial charge in [-0.1, -0.05) is 66.8 Å². The molecule has 0 N–H and O–H groups in total. The Labute approximate surface area is 120 Å². The van der Waals surface area contributed by atoms with E-state index >= 15 is 0 Å². The molecule has 4 rings (SSSR count). The largest absolute Gasteiger partial charge is 0.0807 e. The van der Waals surface area contributed by atoms with Gasteiger partial charge in [0, 0.05) is 0 Å². The lowest BCUT2D eigenvalue weighted by atomic mass is 9.95. The smallest absolute Gasteiger partial charge is 0.0155 e. The van der Waals surface area contributed by atoms with E-state index in [0.717, 1.165) is 18.3 Å². The highest BCUT2D eigenvalue weighted by molar-refractivity contribution is 5.81. The number of benzene rings is 1. The van der Waals surface area contributed by atoms with Crippen molar-refractivity contribution in [2.75, 3.05) is 0 Å². The van der Waals surface area contributed by atoms with Crippen molar-refractivity contribution >= 4 is 11.1 Å². The van der Waals surface area contributed by atoms with E-state index in [2.05, 4.69) is 72.9 Å². The highest BCUT2D eigenvalue weighted by Crippen LogP contribution is 2.46. The van der Waals surface area contributed by atoms with Crippen molar-refractivity contribution in [1.82, 2.24) is 0 Å². The molecule has 3 aliphatic carbocycles. The second kappa shape index (κ2) is 4.79. The topological polar surface area (TPSA) is 0 Å². The molecule has 2 unspecified atom stereocenters. The third-order valence-corrected chi connectivity index (χ3v) is 4.33. The molecule has 1 aromatic rings. The molecule has 1 aromatic carbocycles. The van der Waals surface area contributed by atoms with Crippen LogP contribution in [0.5, 0.6) is 0 Å². The van der Waals surface area contributed by atoms with E-state index < -0.39 is 0 Å². The van der Waals surface area contributed by atoms with Crippen LogP contribution >= 0.6 is 0 Å². The highest BCUT2D eigenvalue weighted by Gasteiger charge is 2.34. The number of hydrogen-bond donors (Lipinski definition) is 0. The summed E-state index contributed by atoms with van der Waals surface area (Å²) in [6.45, 7) is 0. The van der Waals surface area contributed by atoms with Crippen LogP contribution in [0.3, 0.4) is 0 Å². The van der Waals surface area contributed by atoms with E-state index in [0.29, 0.717) is 0 Å². The number of allylic oxidation sites excluding steroid dienone is 10. The Morgan fingerprint density at radius 2 is 1.80 bits per heavy atom. The summed E-state index contributed by atoms with van der Waals surface area (Å²) in [6, 6.07) is 8.92. The summed E-state index contributed by atoms with van der Waals surface area (Å²) < 4.78 is 0. The normalized spacial score (nSPS) is 26.6. The minimum Gasteiger partial charge on any atom is -0.0807 e. The Morgan fingerprint density at radius 3 is 2.70 bits per heavy atom.